The van der Waals surface area contributed by atoms with Crippen LogP contribution in [0.1, 0.15) is 44.2 Å². The lowest BCUT2D eigenvalue weighted by Gasteiger charge is -2.35. The summed E-state index contributed by atoms with van der Waals surface area (Å²) in [6.07, 6.45) is 4.52. The fraction of sp³-hybridized carbons (Fsp3) is 0.625. The van der Waals surface area contributed by atoms with Crippen molar-refractivity contribution in [2.45, 2.75) is 44.7 Å². The molecule has 5 nitrogen and oxygen atoms in total. The summed E-state index contributed by atoms with van der Waals surface area (Å²) in [7, 11) is 2.13. The third-order valence-electron chi connectivity index (χ3n) is 4.79. The van der Waals surface area contributed by atoms with Gasteiger partial charge in [0.2, 0.25) is 0 Å². The first-order valence-corrected chi connectivity index (χ1v) is 7.74. The number of nitrogens with two attached hydrogens (primary N) is 1. The van der Waals surface area contributed by atoms with Gasteiger partial charge in [0.15, 0.2) is 0 Å². The molecule has 0 aromatic heterocycles. The molecular formula is C16H25N3O2. The summed E-state index contributed by atoms with van der Waals surface area (Å²) >= 11 is 0. The number of benzene rings is 1. The van der Waals surface area contributed by atoms with Gasteiger partial charge in [0.05, 0.1) is 4.92 Å². The van der Waals surface area contributed by atoms with Gasteiger partial charge in [-0.2, -0.15) is 0 Å². The maximum atomic E-state index is 11.0. The van der Waals surface area contributed by atoms with Crippen molar-refractivity contribution >= 4 is 5.69 Å². The molecule has 1 fully saturated rings. The van der Waals surface area contributed by atoms with Crippen molar-refractivity contribution in [3.8, 4) is 0 Å². The van der Waals surface area contributed by atoms with E-state index in [0.717, 1.165) is 18.5 Å². The number of hydrogen-bond donors (Lipinski definition) is 1. The van der Waals surface area contributed by atoms with Gasteiger partial charge in [0, 0.05) is 24.2 Å². The lowest BCUT2D eigenvalue weighted by Crippen LogP contribution is -2.39. The predicted octanol–water partition coefficient (Wildman–Crippen LogP) is 3.11. The summed E-state index contributed by atoms with van der Waals surface area (Å²) in [6, 6.07) is 7.72. The maximum absolute atomic E-state index is 11.0. The van der Waals surface area contributed by atoms with Crippen LogP contribution >= 0.6 is 0 Å². The van der Waals surface area contributed by atoms with Crippen molar-refractivity contribution in [2.75, 3.05) is 13.6 Å². The maximum Gasteiger partial charge on any atom is 0.269 e. The van der Waals surface area contributed by atoms with Crippen molar-refractivity contribution in [1.82, 2.24) is 4.90 Å². The third-order valence-corrected chi connectivity index (χ3v) is 4.79. The van der Waals surface area contributed by atoms with Gasteiger partial charge in [-0.15, -0.1) is 0 Å². The van der Waals surface area contributed by atoms with Gasteiger partial charge in [-0.25, -0.2) is 0 Å². The Morgan fingerprint density at radius 2 is 2.24 bits per heavy atom. The molecule has 0 radical (unpaired) electrons. The normalized spacial score (nSPS) is 23.4. The quantitative estimate of drug-likeness (QED) is 0.645. The summed E-state index contributed by atoms with van der Waals surface area (Å²) in [5.41, 5.74) is 7.08. The van der Waals surface area contributed by atoms with Gasteiger partial charge in [0.1, 0.15) is 0 Å². The van der Waals surface area contributed by atoms with E-state index in [9.17, 15) is 10.1 Å². The highest BCUT2D eigenvalue weighted by molar-refractivity contribution is 5.35. The number of nitro groups is 1. The molecule has 3 atom stereocenters. The Hall–Kier alpha value is -1.46. The Morgan fingerprint density at radius 1 is 1.48 bits per heavy atom. The van der Waals surface area contributed by atoms with Crippen molar-refractivity contribution in [2.24, 2.45) is 11.7 Å². The first-order valence-electron chi connectivity index (χ1n) is 7.74. The van der Waals surface area contributed by atoms with E-state index >= 15 is 0 Å². The zero-order chi connectivity index (χ0) is 15.4. The first kappa shape index (κ1) is 15.9. The van der Waals surface area contributed by atoms with E-state index in [2.05, 4.69) is 18.9 Å². The highest BCUT2D eigenvalue weighted by atomic mass is 16.6. The topological polar surface area (TPSA) is 72.4 Å². The van der Waals surface area contributed by atoms with Crippen LogP contribution in [0.15, 0.2) is 24.3 Å². The number of non-ortho nitro benzene ring substituents is 1. The van der Waals surface area contributed by atoms with E-state index in [0.29, 0.717) is 12.0 Å². The molecule has 3 unspecified atom stereocenters. The second-order valence-electron chi connectivity index (χ2n) is 5.94. The summed E-state index contributed by atoms with van der Waals surface area (Å²) in [5, 5.41) is 11.0. The van der Waals surface area contributed by atoms with Gasteiger partial charge in [-0.05, 0) is 44.3 Å². The van der Waals surface area contributed by atoms with Crippen LogP contribution in [0.2, 0.25) is 0 Å². The highest BCUT2D eigenvalue weighted by Crippen LogP contribution is 2.35. The first-order chi connectivity index (χ1) is 10.1. The lowest BCUT2D eigenvalue weighted by molar-refractivity contribution is -0.385. The van der Waals surface area contributed by atoms with Crippen molar-refractivity contribution < 1.29 is 4.92 Å². The van der Waals surface area contributed by atoms with Gasteiger partial charge in [-0.1, -0.05) is 25.5 Å². The summed E-state index contributed by atoms with van der Waals surface area (Å²) < 4.78 is 0. The second kappa shape index (κ2) is 7.00. The third kappa shape index (κ3) is 3.41. The molecule has 1 aromatic carbocycles. The molecule has 0 aliphatic heterocycles. The molecule has 0 bridgehead atoms. The molecule has 1 aromatic rings. The summed E-state index contributed by atoms with van der Waals surface area (Å²) in [5.74, 6) is 0.544. The lowest BCUT2D eigenvalue weighted by atomic mass is 9.96. The Kier molecular flexibility index (Phi) is 5.31. The molecule has 1 aliphatic rings. The minimum Gasteiger partial charge on any atom is -0.330 e. The Morgan fingerprint density at radius 3 is 2.86 bits per heavy atom. The molecular weight excluding hydrogens is 266 g/mol. The summed E-state index contributed by atoms with van der Waals surface area (Å²) in [6.45, 7) is 2.85. The van der Waals surface area contributed by atoms with E-state index in [4.69, 9.17) is 5.73 Å². The number of nitro benzene ring substituents is 1. The number of rotatable bonds is 6. The molecule has 0 amide bonds. The molecule has 2 rings (SSSR count). The standard InChI is InChI=1S/C16H25N3O2/c1-3-15(12-6-4-8-14(10-12)19(20)21)18(2)16-9-5-7-13(16)11-17/h4,6,8,10,13,15-16H,3,5,7,9,11,17H2,1-2H3. The molecule has 0 saturated heterocycles. The van der Waals surface area contributed by atoms with E-state index in [-0.39, 0.29) is 16.7 Å². The SMILES string of the molecule is CCC(c1cccc([N+](=O)[O-])c1)N(C)C1CCCC1CN. The molecule has 5 heteroatoms. The fourth-order valence-corrected chi connectivity index (χ4v) is 3.66. The smallest absolute Gasteiger partial charge is 0.269 e. The van der Waals surface area contributed by atoms with E-state index in [1.54, 1.807) is 18.2 Å². The summed E-state index contributed by atoms with van der Waals surface area (Å²) in [4.78, 5) is 13.0. The van der Waals surface area contributed by atoms with Crippen LogP contribution in [0.3, 0.4) is 0 Å². The minimum absolute atomic E-state index is 0.168. The predicted molar refractivity (Wildman–Crippen MR) is 84.1 cm³/mol. The molecule has 1 saturated carbocycles. The Balaban J connectivity index is 2.22. The van der Waals surface area contributed by atoms with Crippen molar-refractivity contribution in [3.63, 3.8) is 0 Å². The van der Waals surface area contributed by atoms with Crippen molar-refractivity contribution in [3.05, 3.63) is 39.9 Å². The van der Waals surface area contributed by atoms with Crippen LogP contribution in [0, 0.1) is 16.0 Å². The Labute approximate surface area is 126 Å². The van der Waals surface area contributed by atoms with E-state index in [1.807, 2.05) is 6.07 Å². The van der Waals surface area contributed by atoms with Crippen LogP contribution < -0.4 is 5.73 Å². The average molecular weight is 291 g/mol. The van der Waals surface area contributed by atoms with E-state index < -0.39 is 0 Å². The van der Waals surface area contributed by atoms with Gasteiger partial charge >= 0.3 is 0 Å². The molecule has 0 heterocycles. The molecule has 0 spiro atoms. The number of nitrogens with zero attached hydrogens (tertiary/aromatic N) is 2. The zero-order valence-electron chi connectivity index (χ0n) is 12.9. The second-order valence-corrected chi connectivity index (χ2v) is 5.94. The highest BCUT2D eigenvalue weighted by Gasteiger charge is 2.32. The van der Waals surface area contributed by atoms with Crippen LogP contribution in [-0.2, 0) is 0 Å². The van der Waals surface area contributed by atoms with Gasteiger partial charge in [0.25, 0.3) is 5.69 Å². The number of hydrogen-bond acceptors (Lipinski definition) is 4. The molecule has 1 aliphatic carbocycles. The van der Waals surface area contributed by atoms with Gasteiger partial charge < -0.3 is 5.73 Å². The van der Waals surface area contributed by atoms with E-state index in [1.165, 1.54) is 19.3 Å². The molecule has 116 valence electrons. The largest absolute Gasteiger partial charge is 0.330 e. The zero-order valence-corrected chi connectivity index (χ0v) is 12.9. The van der Waals surface area contributed by atoms with Crippen LogP contribution in [0.25, 0.3) is 0 Å². The van der Waals surface area contributed by atoms with Crippen LogP contribution in [0.5, 0.6) is 0 Å². The van der Waals surface area contributed by atoms with Crippen molar-refractivity contribution in [1.29, 1.82) is 0 Å². The minimum atomic E-state index is -0.325. The Bertz CT molecular complexity index is 492. The van der Waals surface area contributed by atoms with Crippen LogP contribution in [-0.4, -0.2) is 29.5 Å². The fourth-order valence-electron chi connectivity index (χ4n) is 3.66. The van der Waals surface area contributed by atoms with Crippen LogP contribution in [0.4, 0.5) is 5.69 Å². The molecule has 2 N–H and O–H groups in total. The monoisotopic (exact) mass is 291 g/mol. The average Bonchev–Trinajstić information content (AvgIpc) is 2.96. The van der Waals surface area contributed by atoms with Gasteiger partial charge in [-0.3, -0.25) is 15.0 Å². The molecule has 21 heavy (non-hydrogen) atoms.